The number of hydrogen-bond donors (Lipinski definition) is 1. The third kappa shape index (κ3) is 2.86. The van der Waals surface area contributed by atoms with Crippen molar-refractivity contribution in [2.24, 2.45) is 16.6 Å². The molecule has 2 atom stereocenters. The number of hydrogen-bond acceptors (Lipinski definition) is 1. The van der Waals surface area contributed by atoms with Crippen LogP contribution in [0.25, 0.3) is 0 Å². The molecule has 0 spiro atoms. The molecule has 0 amide bonds. The number of nitrogens with zero attached hydrogens (tertiary/aromatic N) is 2. The largest absolute Gasteiger partial charge is 0.370 e. The predicted octanol–water partition coefficient (Wildman–Crippen LogP) is 1.98. The fourth-order valence-electron chi connectivity index (χ4n) is 2.38. The molecule has 2 N–H and O–H groups in total. The Morgan fingerprint density at radius 2 is 1.93 bits per heavy atom. The third-order valence-electron chi connectivity index (χ3n) is 3.64. The molecule has 1 saturated heterocycles. The summed E-state index contributed by atoms with van der Waals surface area (Å²) in [6, 6.07) is 0.540. The maximum absolute atomic E-state index is 6.05. The maximum Gasteiger partial charge on any atom is 0.191 e. The molecule has 0 aromatic heterocycles. The molecule has 2 fully saturated rings. The highest BCUT2D eigenvalue weighted by atomic mass is 15.3. The first-order valence-electron chi connectivity index (χ1n) is 6.39. The molecule has 2 rings (SSSR count). The van der Waals surface area contributed by atoms with E-state index in [1.807, 2.05) is 0 Å². The second-order valence-corrected chi connectivity index (χ2v) is 4.86. The summed E-state index contributed by atoms with van der Waals surface area (Å²) in [4.78, 5) is 6.90. The van der Waals surface area contributed by atoms with Crippen molar-refractivity contribution < 1.29 is 0 Å². The van der Waals surface area contributed by atoms with E-state index >= 15 is 0 Å². The summed E-state index contributed by atoms with van der Waals surface area (Å²) >= 11 is 0. The van der Waals surface area contributed by atoms with Crippen molar-refractivity contribution in [2.45, 2.75) is 51.5 Å². The Hall–Kier alpha value is -0.730. The van der Waals surface area contributed by atoms with Gasteiger partial charge in [0.25, 0.3) is 0 Å². The summed E-state index contributed by atoms with van der Waals surface area (Å²) in [5.41, 5.74) is 6.05. The molecule has 3 nitrogen and oxygen atoms in total. The van der Waals surface area contributed by atoms with Crippen LogP contribution < -0.4 is 5.73 Å². The molecule has 1 aliphatic carbocycles. The van der Waals surface area contributed by atoms with E-state index in [0.29, 0.717) is 6.04 Å². The van der Waals surface area contributed by atoms with Gasteiger partial charge >= 0.3 is 0 Å². The van der Waals surface area contributed by atoms with Crippen molar-refractivity contribution in [1.82, 2.24) is 4.90 Å². The van der Waals surface area contributed by atoms with E-state index in [1.54, 1.807) is 0 Å². The van der Waals surface area contributed by atoms with E-state index < -0.39 is 0 Å². The average molecular weight is 209 g/mol. The molecule has 86 valence electrons. The topological polar surface area (TPSA) is 41.6 Å². The fourth-order valence-corrected chi connectivity index (χ4v) is 2.38. The lowest BCUT2D eigenvalue weighted by molar-refractivity contribution is 0.428. The van der Waals surface area contributed by atoms with Crippen LogP contribution in [0.2, 0.25) is 0 Å². The normalized spacial score (nSPS) is 32.6. The van der Waals surface area contributed by atoms with Crippen LogP contribution in [-0.4, -0.2) is 30.0 Å². The highest BCUT2D eigenvalue weighted by Crippen LogP contribution is 2.36. The standard InChI is InChI=1S/C12H23N3/c1-2-10-9-11(10)14-12(13)15-7-5-3-4-6-8-15/h10-11H,2-9H2,1H3,(H2,13,14)/t10-,11-/m1/s1. The minimum Gasteiger partial charge on any atom is -0.370 e. The summed E-state index contributed by atoms with van der Waals surface area (Å²) in [5.74, 6) is 1.62. The van der Waals surface area contributed by atoms with E-state index in [9.17, 15) is 0 Å². The Labute approximate surface area is 92.7 Å². The van der Waals surface area contributed by atoms with Crippen molar-refractivity contribution in [3.8, 4) is 0 Å². The smallest absolute Gasteiger partial charge is 0.191 e. The van der Waals surface area contributed by atoms with Crippen LogP contribution in [0.3, 0.4) is 0 Å². The molecule has 1 saturated carbocycles. The minimum atomic E-state index is 0.540. The maximum atomic E-state index is 6.05. The summed E-state index contributed by atoms with van der Waals surface area (Å²) in [6.07, 6.45) is 7.76. The van der Waals surface area contributed by atoms with Gasteiger partial charge in [-0.05, 0) is 25.2 Å². The first-order chi connectivity index (χ1) is 7.31. The third-order valence-corrected chi connectivity index (χ3v) is 3.64. The van der Waals surface area contributed by atoms with E-state index in [-0.39, 0.29) is 0 Å². The van der Waals surface area contributed by atoms with Crippen molar-refractivity contribution in [3.05, 3.63) is 0 Å². The lowest BCUT2D eigenvalue weighted by Crippen LogP contribution is -2.38. The molecular weight excluding hydrogens is 186 g/mol. The quantitative estimate of drug-likeness (QED) is 0.558. The van der Waals surface area contributed by atoms with Crippen LogP contribution in [0.15, 0.2) is 4.99 Å². The molecule has 0 unspecified atom stereocenters. The van der Waals surface area contributed by atoms with Gasteiger partial charge in [-0.3, -0.25) is 0 Å². The lowest BCUT2D eigenvalue weighted by atomic mass is 10.2. The van der Waals surface area contributed by atoms with Gasteiger partial charge in [0, 0.05) is 13.1 Å². The predicted molar refractivity (Wildman–Crippen MR) is 63.8 cm³/mol. The van der Waals surface area contributed by atoms with E-state index in [2.05, 4.69) is 16.8 Å². The number of nitrogens with two attached hydrogens (primary N) is 1. The minimum absolute atomic E-state index is 0.540. The highest BCUT2D eigenvalue weighted by molar-refractivity contribution is 5.78. The van der Waals surface area contributed by atoms with Gasteiger partial charge in [-0.25, -0.2) is 4.99 Å². The molecule has 0 aromatic carbocycles. The molecule has 1 aliphatic heterocycles. The van der Waals surface area contributed by atoms with Crippen LogP contribution in [0.5, 0.6) is 0 Å². The summed E-state index contributed by atoms with van der Waals surface area (Å²) in [5, 5.41) is 0. The van der Waals surface area contributed by atoms with Crippen molar-refractivity contribution in [1.29, 1.82) is 0 Å². The molecule has 3 heteroatoms. The van der Waals surface area contributed by atoms with Crippen molar-refractivity contribution >= 4 is 5.96 Å². The number of rotatable bonds is 2. The number of aliphatic imine (C=N–C) groups is 1. The second kappa shape index (κ2) is 4.86. The zero-order valence-electron chi connectivity index (χ0n) is 9.78. The molecule has 0 bridgehead atoms. The first kappa shape index (κ1) is 10.8. The van der Waals surface area contributed by atoms with Gasteiger partial charge in [-0.1, -0.05) is 26.2 Å². The molecule has 2 aliphatic rings. The molecule has 1 heterocycles. The summed E-state index contributed by atoms with van der Waals surface area (Å²) in [7, 11) is 0. The Morgan fingerprint density at radius 3 is 2.47 bits per heavy atom. The molecule has 0 aromatic rings. The zero-order valence-corrected chi connectivity index (χ0v) is 9.78. The Kier molecular flexibility index (Phi) is 3.49. The first-order valence-corrected chi connectivity index (χ1v) is 6.39. The fraction of sp³-hybridized carbons (Fsp3) is 0.917. The van der Waals surface area contributed by atoms with Gasteiger partial charge in [0.05, 0.1) is 6.04 Å². The van der Waals surface area contributed by atoms with Crippen molar-refractivity contribution in [3.63, 3.8) is 0 Å². The Morgan fingerprint density at radius 1 is 1.27 bits per heavy atom. The Balaban J connectivity index is 1.85. The van der Waals surface area contributed by atoms with Crippen LogP contribution in [0.4, 0.5) is 0 Å². The van der Waals surface area contributed by atoms with Gasteiger partial charge in [-0.15, -0.1) is 0 Å². The van der Waals surface area contributed by atoms with Gasteiger partial charge in [0.2, 0.25) is 0 Å². The monoisotopic (exact) mass is 209 g/mol. The van der Waals surface area contributed by atoms with Crippen molar-refractivity contribution in [2.75, 3.05) is 13.1 Å². The highest BCUT2D eigenvalue weighted by Gasteiger charge is 2.35. The van der Waals surface area contributed by atoms with E-state index in [4.69, 9.17) is 5.73 Å². The van der Waals surface area contributed by atoms with Gasteiger partial charge in [0.1, 0.15) is 0 Å². The summed E-state index contributed by atoms with van der Waals surface area (Å²) < 4.78 is 0. The zero-order chi connectivity index (χ0) is 10.7. The van der Waals surface area contributed by atoms with Gasteiger partial charge in [0.15, 0.2) is 5.96 Å². The van der Waals surface area contributed by atoms with Gasteiger partial charge in [-0.2, -0.15) is 0 Å². The van der Waals surface area contributed by atoms with E-state index in [1.165, 1.54) is 38.5 Å². The van der Waals surface area contributed by atoms with Gasteiger partial charge < -0.3 is 10.6 Å². The van der Waals surface area contributed by atoms with Crippen LogP contribution in [-0.2, 0) is 0 Å². The van der Waals surface area contributed by atoms with Crippen LogP contribution in [0.1, 0.15) is 45.4 Å². The second-order valence-electron chi connectivity index (χ2n) is 4.86. The SMILES string of the molecule is CC[C@@H]1C[C@H]1N=C(N)N1CCCCCC1. The average Bonchev–Trinajstić information content (AvgIpc) is 2.99. The summed E-state index contributed by atoms with van der Waals surface area (Å²) in [6.45, 7) is 4.46. The Bertz CT molecular complexity index is 229. The molecular formula is C12H23N3. The number of likely N-dealkylation sites (tertiary alicyclic amines) is 1. The van der Waals surface area contributed by atoms with Crippen LogP contribution >= 0.6 is 0 Å². The van der Waals surface area contributed by atoms with Crippen LogP contribution in [0, 0.1) is 5.92 Å². The number of guanidine groups is 1. The molecule has 15 heavy (non-hydrogen) atoms. The lowest BCUT2D eigenvalue weighted by Gasteiger charge is -2.21. The van der Waals surface area contributed by atoms with E-state index in [0.717, 1.165) is 25.0 Å². The molecule has 0 radical (unpaired) electrons.